The van der Waals surface area contributed by atoms with Gasteiger partial charge in [-0.05, 0) is 19.9 Å². The lowest BCUT2D eigenvalue weighted by Crippen LogP contribution is -2.23. The highest BCUT2D eigenvalue weighted by Crippen LogP contribution is 2.24. The molecule has 0 aliphatic heterocycles. The van der Waals surface area contributed by atoms with E-state index < -0.39 is 5.82 Å². The third-order valence-electron chi connectivity index (χ3n) is 1.98. The van der Waals surface area contributed by atoms with Gasteiger partial charge in [-0.1, -0.05) is 0 Å². The van der Waals surface area contributed by atoms with Crippen LogP contribution >= 0.6 is 0 Å². The molecule has 0 spiro atoms. The molecule has 1 amide bonds. The molecule has 5 heteroatoms. The molecule has 0 aromatic heterocycles. The number of carbonyl (C=O) groups excluding carboxylic acids is 1. The summed E-state index contributed by atoms with van der Waals surface area (Å²) >= 11 is 0. The Labute approximate surface area is 93.6 Å². The van der Waals surface area contributed by atoms with Crippen molar-refractivity contribution < 1.29 is 13.9 Å². The molecule has 0 bridgehead atoms. The highest BCUT2D eigenvalue weighted by molar-refractivity contribution is 5.97. The minimum Gasteiger partial charge on any atom is -0.493 e. The van der Waals surface area contributed by atoms with Crippen molar-refractivity contribution in [1.82, 2.24) is 5.32 Å². The van der Waals surface area contributed by atoms with Crippen molar-refractivity contribution in [2.24, 2.45) is 0 Å². The van der Waals surface area contributed by atoms with Gasteiger partial charge in [-0.3, -0.25) is 4.79 Å². The van der Waals surface area contributed by atoms with Gasteiger partial charge in [0.15, 0.2) is 0 Å². The number of nitrogens with one attached hydrogen (secondary N) is 1. The Kier molecular flexibility index (Phi) is 4.10. The molecule has 88 valence electrons. The summed E-state index contributed by atoms with van der Waals surface area (Å²) in [6, 6.07) is 2.41. The zero-order chi connectivity index (χ0) is 12.1. The molecule has 0 aliphatic carbocycles. The fourth-order valence-corrected chi connectivity index (χ4v) is 1.28. The fourth-order valence-electron chi connectivity index (χ4n) is 1.28. The number of anilines is 1. The van der Waals surface area contributed by atoms with Gasteiger partial charge in [0.05, 0.1) is 17.9 Å². The number of rotatable bonds is 4. The van der Waals surface area contributed by atoms with E-state index in [1.54, 1.807) is 13.8 Å². The third-order valence-corrected chi connectivity index (χ3v) is 1.98. The average Bonchev–Trinajstić information content (AvgIpc) is 2.23. The summed E-state index contributed by atoms with van der Waals surface area (Å²) in [5, 5.41) is 2.58. The minimum absolute atomic E-state index is 0.0310. The van der Waals surface area contributed by atoms with Gasteiger partial charge in [0, 0.05) is 12.6 Å². The van der Waals surface area contributed by atoms with Gasteiger partial charge >= 0.3 is 0 Å². The molecular weight excluding hydrogens is 211 g/mol. The summed E-state index contributed by atoms with van der Waals surface area (Å²) in [5.74, 6) is -0.693. The number of nitrogens with two attached hydrogens (primary N) is 1. The van der Waals surface area contributed by atoms with Gasteiger partial charge in [0.25, 0.3) is 5.91 Å². The molecule has 0 aliphatic rings. The van der Waals surface area contributed by atoms with Crippen LogP contribution in [0.15, 0.2) is 12.1 Å². The Bertz CT molecular complexity index is 394. The number of ether oxygens (including phenoxy) is 1. The van der Waals surface area contributed by atoms with Gasteiger partial charge in [-0.15, -0.1) is 0 Å². The predicted molar refractivity (Wildman–Crippen MR) is 60.0 cm³/mol. The van der Waals surface area contributed by atoms with Crippen LogP contribution in [0.4, 0.5) is 10.1 Å². The maximum absolute atomic E-state index is 13.2. The summed E-state index contributed by atoms with van der Waals surface area (Å²) in [7, 11) is 0. The van der Waals surface area contributed by atoms with Crippen molar-refractivity contribution in [1.29, 1.82) is 0 Å². The monoisotopic (exact) mass is 226 g/mol. The average molecular weight is 226 g/mol. The van der Waals surface area contributed by atoms with Crippen LogP contribution < -0.4 is 15.8 Å². The normalized spacial score (nSPS) is 9.94. The Morgan fingerprint density at radius 3 is 2.75 bits per heavy atom. The van der Waals surface area contributed by atoms with Gasteiger partial charge in [-0.2, -0.15) is 0 Å². The molecule has 0 saturated heterocycles. The maximum Gasteiger partial charge on any atom is 0.255 e. The van der Waals surface area contributed by atoms with Crippen LogP contribution in [-0.2, 0) is 0 Å². The van der Waals surface area contributed by atoms with Gasteiger partial charge in [0.2, 0.25) is 0 Å². The van der Waals surface area contributed by atoms with E-state index in [9.17, 15) is 9.18 Å². The molecule has 0 heterocycles. The standard InChI is InChI=1S/C11H15FN2O2/c1-3-14-11(15)7-5-8(12)9(13)6-10(7)16-4-2/h5-6H,3-4,13H2,1-2H3,(H,14,15). The second-order valence-electron chi connectivity index (χ2n) is 3.16. The van der Waals surface area contributed by atoms with Crippen molar-refractivity contribution in [3.05, 3.63) is 23.5 Å². The molecule has 0 fully saturated rings. The highest BCUT2D eigenvalue weighted by Gasteiger charge is 2.15. The lowest BCUT2D eigenvalue weighted by molar-refractivity contribution is 0.0951. The molecular formula is C11H15FN2O2. The first-order valence-corrected chi connectivity index (χ1v) is 5.10. The van der Waals surface area contributed by atoms with Crippen LogP contribution in [-0.4, -0.2) is 19.1 Å². The summed E-state index contributed by atoms with van der Waals surface area (Å²) in [4.78, 5) is 11.6. The van der Waals surface area contributed by atoms with E-state index in [0.717, 1.165) is 6.07 Å². The fraction of sp³-hybridized carbons (Fsp3) is 0.364. The molecule has 4 nitrogen and oxygen atoms in total. The number of amides is 1. The molecule has 16 heavy (non-hydrogen) atoms. The number of halogens is 1. The van der Waals surface area contributed by atoms with E-state index >= 15 is 0 Å². The Balaban J connectivity index is 3.13. The number of hydrogen-bond donors (Lipinski definition) is 2. The number of hydrogen-bond acceptors (Lipinski definition) is 3. The first-order valence-electron chi connectivity index (χ1n) is 5.10. The summed E-state index contributed by atoms with van der Waals surface area (Å²) in [6.07, 6.45) is 0. The van der Waals surface area contributed by atoms with Crippen molar-refractivity contribution >= 4 is 11.6 Å². The topological polar surface area (TPSA) is 64.4 Å². The lowest BCUT2D eigenvalue weighted by Gasteiger charge is -2.11. The molecule has 3 N–H and O–H groups in total. The van der Waals surface area contributed by atoms with Gasteiger partial charge in [-0.25, -0.2) is 4.39 Å². The maximum atomic E-state index is 13.2. The quantitative estimate of drug-likeness (QED) is 0.766. The number of benzene rings is 1. The zero-order valence-corrected chi connectivity index (χ0v) is 9.34. The Morgan fingerprint density at radius 2 is 2.19 bits per heavy atom. The van der Waals surface area contributed by atoms with E-state index in [4.69, 9.17) is 10.5 Å². The lowest BCUT2D eigenvalue weighted by atomic mass is 10.1. The first kappa shape index (κ1) is 12.3. The number of nitrogen functional groups attached to an aromatic ring is 1. The smallest absolute Gasteiger partial charge is 0.255 e. The van der Waals surface area contributed by atoms with Crippen molar-refractivity contribution in [3.8, 4) is 5.75 Å². The van der Waals surface area contributed by atoms with Gasteiger partial charge < -0.3 is 15.8 Å². The summed E-state index contributed by atoms with van der Waals surface area (Å²) < 4.78 is 18.5. The molecule has 0 unspecified atom stereocenters. The van der Waals surface area contributed by atoms with E-state index in [1.165, 1.54) is 6.07 Å². The molecule has 0 atom stereocenters. The van der Waals surface area contributed by atoms with E-state index in [2.05, 4.69) is 5.32 Å². The summed E-state index contributed by atoms with van der Waals surface area (Å²) in [5.41, 5.74) is 5.54. The largest absolute Gasteiger partial charge is 0.493 e. The molecule has 1 aromatic carbocycles. The molecule has 0 saturated carbocycles. The Hall–Kier alpha value is -1.78. The van der Waals surface area contributed by atoms with Crippen LogP contribution in [0.25, 0.3) is 0 Å². The molecule has 1 rings (SSSR count). The van der Waals surface area contributed by atoms with E-state index in [0.29, 0.717) is 18.9 Å². The van der Waals surface area contributed by atoms with Crippen LogP contribution in [0, 0.1) is 5.82 Å². The van der Waals surface area contributed by atoms with Crippen molar-refractivity contribution in [3.63, 3.8) is 0 Å². The van der Waals surface area contributed by atoms with E-state index in [-0.39, 0.29) is 17.2 Å². The second kappa shape index (κ2) is 5.34. The first-order chi connectivity index (χ1) is 7.60. The summed E-state index contributed by atoms with van der Waals surface area (Å²) in [6.45, 7) is 4.42. The van der Waals surface area contributed by atoms with Crippen LogP contribution in [0.3, 0.4) is 0 Å². The van der Waals surface area contributed by atoms with Crippen LogP contribution in [0.2, 0.25) is 0 Å². The highest BCUT2D eigenvalue weighted by atomic mass is 19.1. The third kappa shape index (κ3) is 2.62. The van der Waals surface area contributed by atoms with Gasteiger partial charge in [0.1, 0.15) is 11.6 Å². The van der Waals surface area contributed by atoms with E-state index in [1.807, 2.05) is 0 Å². The van der Waals surface area contributed by atoms with Crippen molar-refractivity contribution in [2.75, 3.05) is 18.9 Å². The Morgan fingerprint density at radius 1 is 1.50 bits per heavy atom. The second-order valence-corrected chi connectivity index (χ2v) is 3.16. The van der Waals surface area contributed by atoms with Crippen LogP contribution in [0.1, 0.15) is 24.2 Å². The molecule has 1 aromatic rings. The molecule has 0 radical (unpaired) electrons. The SMILES string of the molecule is CCNC(=O)c1cc(F)c(N)cc1OCC. The zero-order valence-electron chi connectivity index (χ0n) is 9.34. The van der Waals surface area contributed by atoms with Crippen LogP contribution in [0.5, 0.6) is 5.75 Å². The number of carbonyl (C=O) groups is 1. The predicted octanol–water partition coefficient (Wildman–Crippen LogP) is 1.56. The minimum atomic E-state index is -0.621. The van der Waals surface area contributed by atoms with Crippen molar-refractivity contribution in [2.45, 2.75) is 13.8 Å².